The Morgan fingerprint density at radius 3 is 2.44 bits per heavy atom. The van der Waals surface area contributed by atoms with Crippen molar-refractivity contribution in [2.75, 3.05) is 7.11 Å². The Morgan fingerprint density at radius 1 is 1.11 bits per heavy atom. The summed E-state index contributed by atoms with van der Waals surface area (Å²) in [5, 5.41) is 2.02. The van der Waals surface area contributed by atoms with E-state index in [0.717, 1.165) is 22.1 Å². The van der Waals surface area contributed by atoms with Crippen molar-refractivity contribution in [3.63, 3.8) is 0 Å². The van der Waals surface area contributed by atoms with Gasteiger partial charge < -0.3 is 4.74 Å². The first kappa shape index (κ1) is 12.6. The fourth-order valence-electron chi connectivity index (χ4n) is 1.98. The third kappa shape index (κ3) is 2.23. The lowest BCUT2D eigenvalue weighted by Crippen LogP contribution is -2.20. The van der Waals surface area contributed by atoms with Gasteiger partial charge in [0, 0.05) is 11.0 Å². The molecule has 2 heteroatoms. The molecule has 2 nitrogen and oxygen atoms in total. The maximum atomic E-state index is 12.4. The highest BCUT2D eigenvalue weighted by Crippen LogP contribution is 2.29. The van der Waals surface area contributed by atoms with Crippen LogP contribution in [0.3, 0.4) is 0 Å². The number of benzene rings is 2. The molecule has 0 saturated heterocycles. The Morgan fingerprint density at radius 2 is 1.83 bits per heavy atom. The molecular weight excluding hydrogens is 224 g/mol. The summed E-state index contributed by atoms with van der Waals surface area (Å²) < 4.78 is 5.23. The van der Waals surface area contributed by atoms with Gasteiger partial charge >= 0.3 is 0 Å². The van der Waals surface area contributed by atoms with Gasteiger partial charge in [-0.15, -0.1) is 0 Å². The first-order chi connectivity index (χ1) is 8.43. The first-order valence-corrected chi connectivity index (χ1v) is 6.05. The smallest absolute Gasteiger partial charge is 0.168 e. The SMILES string of the molecule is COc1ccc2cccc(C(=O)C(C)(C)C)c2c1. The number of fused-ring (bicyclic) bond motifs is 1. The predicted molar refractivity (Wildman–Crippen MR) is 74.3 cm³/mol. The van der Waals surface area contributed by atoms with Crippen LogP contribution in [0, 0.1) is 5.41 Å². The molecule has 2 aromatic carbocycles. The van der Waals surface area contributed by atoms with E-state index in [0.29, 0.717) is 0 Å². The van der Waals surface area contributed by atoms with Crippen LogP contribution >= 0.6 is 0 Å². The lowest BCUT2D eigenvalue weighted by molar-refractivity contribution is 0.0860. The van der Waals surface area contributed by atoms with E-state index in [2.05, 4.69) is 0 Å². The largest absolute Gasteiger partial charge is 0.497 e. The molecule has 0 atom stereocenters. The number of ketones is 1. The van der Waals surface area contributed by atoms with Crippen LogP contribution in [0.5, 0.6) is 5.75 Å². The Balaban J connectivity index is 2.67. The Bertz CT molecular complexity index is 592. The summed E-state index contributed by atoms with van der Waals surface area (Å²) in [4.78, 5) is 12.4. The maximum absolute atomic E-state index is 12.4. The van der Waals surface area contributed by atoms with Crippen LogP contribution in [0.25, 0.3) is 10.8 Å². The molecule has 0 saturated carbocycles. The van der Waals surface area contributed by atoms with E-state index < -0.39 is 0 Å². The summed E-state index contributed by atoms with van der Waals surface area (Å²) in [6.45, 7) is 5.82. The second kappa shape index (κ2) is 4.45. The summed E-state index contributed by atoms with van der Waals surface area (Å²) in [6, 6.07) is 11.6. The van der Waals surface area contributed by atoms with Gasteiger partial charge in [0.2, 0.25) is 0 Å². The lowest BCUT2D eigenvalue weighted by Gasteiger charge is -2.18. The summed E-state index contributed by atoms with van der Waals surface area (Å²) in [5.74, 6) is 0.929. The molecule has 18 heavy (non-hydrogen) atoms. The molecule has 0 unspecified atom stereocenters. The number of methoxy groups -OCH3 is 1. The van der Waals surface area contributed by atoms with Crippen molar-refractivity contribution in [2.45, 2.75) is 20.8 Å². The topological polar surface area (TPSA) is 26.3 Å². The third-order valence-electron chi connectivity index (χ3n) is 3.02. The molecule has 94 valence electrons. The highest BCUT2D eigenvalue weighted by Gasteiger charge is 2.24. The average molecular weight is 242 g/mol. The monoisotopic (exact) mass is 242 g/mol. The van der Waals surface area contributed by atoms with Crippen molar-refractivity contribution in [2.24, 2.45) is 5.41 Å². The quantitative estimate of drug-likeness (QED) is 0.742. The molecule has 0 amide bonds. The molecule has 2 rings (SSSR count). The summed E-state index contributed by atoms with van der Waals surface area (Å²) in [7, 11) is 1.63. The van der Waals surface area contributed by atoms with Crippen molar-refractivity contribution in [1.82, 2.24) is 0 Å². The number of Topliss-reactive ketones (excluding diaryl/α,β-unsaturated/α-hetero) is 1. The van der Waals surface area contributed by atoms with Gasteiger partial charge in [0.15, 0.2) is 5.78 Å². The molecule has 0 bridgehead atoms. The number of rotatable bonds is 2. The van der Waals surface area contributed by atoms with Gasteiger partial charge in [-0.1, -0.05) is 45.0 Å². The fourth-order valence-corrected chi connectivity index (χ4v) is 1.98. The second-order valence-electron chi connectivity index (χ2n) is 5.47. The molecule has 0 aliphatic rings. The van der Waals surface area contributed by atoms with E-state index in [1.165, 1.54) is 0 Å². The van der Waals surface area contributed by atoms with Crippen LogP contribution in [0.4, 0.5) is 0 Å². The van der Waals surface area contributed by atoms with E-state index in [9.17, 15) is 4.79 Å². The number of ether oxygens (including phenoxy) is 1. The van der Waals surface area contributed by atoms with E-state index in [4.69, 9.17) is 4.74 Å². The molecule has 2 aromatic rings. The molecule has 0 spiro atoms. The molecule has 0 aromatic heterocycles. The van der Waals surface area contributed by atoms with Crippen molar-refractivity contribution in [1.29, 1.82) is 0 Å². The second-order valence-corrected chi connectivity index (χ2v) is 5.47. The highest BCUT2D eigenvalue weighted by atomic mass is 16.5. The van der Waals surface area contributed by atoms with Crippen LogP contribution in [0.1, 0.15) is 31.1 Å². The van der Waals surface area contributed by atoms with Crippen LogP contribution in [-0.4, -0.2) is 12.9 Å². The van der Waals surface area contributed by atoms with Crippen LogP contribution in [0.15, 0.2) is 36.4 Å². The number of carbonyl (C=O) groups excluding carboxylic acids is 1. The van der Waals surface area contributed by atoms with Gasteiger partial charge in [-0.25, -0.2) is 0 Å². The van der Waals surface area contributed by atoms with Crippen LogP contribution in [0.2, 0.25) is 0 Å². The number of carbonyl (C=O) groups is 1. The fraction of sp³-hybridized carbons (Fsp3) is 0.312. The minimum atomic E-state index is -0.378. The van der Waals surface area contributed by atoms with E-state index >= 15 is 0 Å². The van der Waals surface area contributed by atoms with Gasteiger partial charge in [0.1, 0.15) is 5.75 Å². The van der Waals surface area contributed by atoms with E-state index in [1.54, 1.807) is 7.11 Å². The molecule has 0 aliphatic heterocycles. The predicted octanol–water partition coefficient (Wildman–Crippen LogP) is 4.08. The average Bonchev–Trinajstić information content (AvgIpc) is 2.35. The van der Waals surface area contributed by atoms with Gasteiger partial charge in [0.25, 0.3) is 0 Å². The number of hydrogen-bond acceptors (Lipinski definition) is 2. The minimum absolute atomic E-state index is 0.154. The van der Waals surface area contributed by atoms with Crippen molar-refractivity contribution in [3.8, 4) is 5.75 Å². The molecular formula is C16H18O2. The summed E-state index contributed by atoms with van der Waals surface area (Å²) in [5.41, 5.74) is 0.385. The Kier molecular flexibility index (Phi) is 3.12. The normalized spacial score (nSPS) is 11.6. The lowest BCUT2D eigenvalue weighted by atomic mass is 9.84. The Hall–Kier alpha value is -1.83. The molecule has 0 fully saturated rings. The van der Waals surface area contributed by atoms with Gasteiger partial charge in [0.05, 0.1) is 7.11 Å². The molecule has 0 aliphatic carbocycles. The summed E-state index contributed by atoms with van der Waals surface area (Å²) in [6.07, 6.45) is 0. The van der Waals surface area contributed by atoms with Gasteiger partial charge in [-0.3, -0.25) is 4.79 Å². The van der Waals surface area contributed by atoms with Crippen molar-refractivity contribution in [3.05, 3.63) is 42.0 Å². The Labute approximate surface area is 108 Å². The standard InChI is InChI=1S/C16H18O2/c1-16(2,3)15(17)13-7-5-6-11-8-9-12(18-4)10-14(11)13/h5-10H,1-4H3. The van der Waals surface area contributed by atoms with Gasteiger partial charge in [-0.2, -0.15) is 0 Å². The molecule has 0 N–H and O–H groups in total. The molecule has 0 heterocycles. The zero-order chi connectivity index (χ0) is 13.3. The van der Waals surface area contributed by atoms with Crippen LogP contribution < -0.4 is 4.74 Å². The third-order valence-corrected chi connectivity index (χ3v) is 3.02. The maximum Gasteiger partial charge on any atom is 0.168 e. The van der Waals surface area contributed by atoms with Gasteiger partial charge in [-0.05, 0) is 22.9 Å². The van der Waals surface area contributed by atoms with E-state index in [-0.39, 0.29) is 11.2 Å². The zero-order valence-electron chi connectivity index (χ0n) is 11.3. The minimum Gasteiger partial charge on any atom is -0.497 e. The van der Waals surface area contributed by atoms with Crippen LogP contribution in [-0.2, 0) is 0 Å². The first-order valence-electron chi connectivity index (χ1n) is 6.05. The highest BCUT2D eigenvalue weighted by molar-refractivity contribution is 6.10. The van der Waals surface area contributed by atoms with Crippen molar-refractivity contribution < 1.29 is 9.53 Å². The van der Waals surface area contributed by atoms with Crippen molar-refractivity contribution >= 4 is 16.6 Å². The zero-order valence-corrected chi connectivity index (χ0v) is 11.3. The van der Waals surface area contributed by atoms with E-state index in [1.807, 2.05) is 57.2 Å². The molecule has 0 radical (unpaired) electrons. The number of hydrogen-bond donors (Lipinski definition) is 0. The summed E-state index contributed by atoms with van der Waals surface area (Å²) >= 11 is 0.